The smallest absolute Gasteiger partial charge is 0.119 e. The van der Waals surface area contributed by atoms with Gasteiger partial charge in [0.1, 0.15) is 5.75 Å². The van der Waals surface area contributed by atoms with E-state index in [1.165, 1.54) is 12.0 Å². The molecule has 1 aromatic carbocycles. The minimum atomic E-state index is 0.764. The van der Waals surface area contributed by atoms with Crippen LogP contribution < -0.4 is 4.74 Å². The van der Waals surface area contributed by atoms with Crippen molar-refractivity contribution in [2.75, 3.05) is 6.61 Å². The van der Waals surface area contributed by atoms with Crippen LogP contribution in [0.4, 0.5) is 0 Å². The van der Waals surface area contributed by atoms with Crippen molar-refractivity contribution in [1.82, 2.24) is 0 Å². The third-order valence-electron chi connectivity index (χ3n) is 2.60. The molecule has 0 aromatic heterocycles. The summed E-state index contributed by atoms with van der Waals surface area (Å²) >= 11 is 0. The molecule has 78 valence electrons. The number of ether oxygens (including phenoxy) is 1. The normalized spacial score (nSPS) is 12.5. The van der Waals surface area contributed by atoms with Gasteiger partial charge in [-0.1, -0.05) is 38.0 Å². The van der Waals surface area contributed by atoms with E-state index in [0.29, 0.717) is 0 Å². The number of hydrogen-bond donors (Lipinski definition) is 0. The number of aryl methyl sites for hydroxylation is 1. The Morgan fingerprint density at radius 1 is 1.21 bits per heavy atom. The van der Waals surface area contributed by atoms with E-state index < -0.39 is 0 Å². The fourth-order valence-electron chi connectivity index (χ4n) is 1.22. The Kier molecular flexibility index (Phi) is 4.51. The molecule has 0 radical (unpaired) electrons. The molecule has 0 saturated heterocycles. The van der Waals surface area contributed by atoms with Crippen molar-refractivity contribution in [3.63, 3.8) is 0 Å². The predicted octanol–water partition coefficient (Wildman–Crippen LogP) is 3.81. The maximum atomic E-state index is 5.63. The van der Waals surface area contributed by atoms with Gasteiger partial charge in [0.05, 0.1) is 6.61 Å². The molecule has 1 rings (SSSR count). The molecule has 0 aliphatic carbocycles. The zero-order valence-electron chi connectivity index (χ0n) is 9.42. The van der Waals surface area contributed by atoms with Crippen LogP contribution in [0.25, 0.3) is 0 Å². The predicted molar refractivity (Wildman–Crippen MR) is 60.7 cm³/mol. The Morgan fingerprint density at radius 3 is 2.43 bits per heavy atom. The Morgan fingerprint density at radius 2 is 1.86 bits per heavy atom. The lowest BCUT2D eigenvalue weighted by Gasteiger charge is -2.09. The Hall–Kier alpha value is -0.980. The standard InChI is InChI=1S/C13H20O/c1-4-11(2)9-10-14-13-7-5-12(3)6-8-13/h5-8,11H,4,9-10H2,1-3H3. The highest BCUT2D eigenvalue weighted by atomic mass is 16.5. The van der Waals surface area contributed by atoms with Crippen LogP contribution >= 0.6 is 0 Å². The fourth-order valence-corrected chi connectivity index (χ4v) is 1.22. The van der Waals surface area contributed by atoms with E-state index in [2.05, 4.69) is 32.9 Å². The first-order chi connectivity index (χ1) is 6.72. The molecule has 0 spiro atoms. The van der Waals surface area contributed by atoms with Gasteiger partial charge in [-0.3, -0.25) is 0 Å². The quantitative estimate of drug-likeness (QED) is 0.689. The molecule has 0 aliphatic heterocycles. The zero-order chi connectivity index (χ0) is 10.4. The summed E-state index contributed by atoms with van der Waals surface area (Å²) in [6.07, 6.45) is 2.38. The van der Waals surface area contributed by atoms with E-state index >= 15 is 0 Å². The molecule has 1 heteroatoms. The van der Waals surface area contributed by atoms with E-state index in [0.717, 1.165) is 24.7 Å². The molecule has 14 heavy (non-hydrogen) atoms. The molecule has 0 amide bonds. The second-order valence-electron chi connectivity index (χ2n) is 3.96. The Bertz CT molecular complexity index is 250. The van der Waals surface area contributed by atoms with Crippen LogP contribution in [0.15, 0.2) is 24.3 Å². The van der Waals surface area contributed by atoms with Gasteiger partial charge >= 0.3 is 0 Å². The molecule has 0 N–H and O–H groups in total. The van der Waals surface area contributed by atoms with E-state index in [9.17, 15) is 0 Å². The fraction of sp³-hybridized carbons (Fsp3) is 0.538. The van der Waals surface area contributed by atoms with Gasteiger partial charge in [-0.05, 0) is 31.4 Å². The van der Waals surface area contributed by atoms with Gasteiger partial charge in [0.25, 0.3) is 0 Å². The summed E-state index contributed by atoms with van der Waals surface area (Å²) in [7, 11) is 0. The monoisotopic (exact) mass is 192 g/mol. The lowest BCUT2D eigenvalue weighted by atomic mass is 10.1. The lowest BCUT2D eigenvalue weighted by molar-refractivity contribution is 0.281. The molecule has 0 saturated carbocycles. The second-order valence-corrected chi connectivity index (χ2v) is 3.96. The first-order valence-electron chi connectivity index (χ1n) is 5.42. The van der Waals surface area contributed by atoms with E-state index in [4.69, 9.17) is 4.74 Å². The van der Waals surface area contributed by atoms with Crippen LogP contribution in [0.2, 0.25) is 0 Å². The van der Waals surface area contributed by atoms with Crippen LogP contribution in [0.5, 0.6) is 5.75 Å². The number of benzene rings is 1. The van der Waals surface area contributed by atoms with Crippen LogP contribution in [-0.4, -0.2) is 6.61 Å². The average Bonchev–Trinajstić information content (AvgIpc) is 2.21. The molecular formula is C13H20O. The Labute approximate surface area is 87.1 Å². The summed E-state index contributed by atoms with van der Waals surface area (Å²) in [6, 6.07) is 8.23. The zero-order valence-corrected chi connectivity index (χ0v) is 9.42. The van der Waals surface area contributed by atoms with Crippen LogP contribution in [-0.2, 0) is 0 Å². The summed E-state index contributed by atoms with van der Waals surface area (Å²) < 4.78 is 5.63. The van der Waals surface area contributed by atoms with Crippen molar-refractivity contribution in [3.05, 3.63) is 29.8 Å². The second kappa shape index (κ2) is 5.69. The molecule has 0 bridgehead atoms. The lowest BCUT2D eigenvalue weighted by Crippen LogP contribution is -2.03. The third kappa shape index (κ3) is 3.82. The maximum absolute atomic E-state index is 5.63. The molecule has 0 aliphatic rings. The number of hydrogen-bond acceptors (Lipinski definition) is 1. The largest absolute Gasteiger partial charge is 0.494 e. The van der Waals surface area contributed by atoms with Crippen molar-refractivity contribution < 1.29 is 4.74 Å². The Balaban J connectivity index is 2.28. The van der Waals surface area contributed by atoms with Gasteiger partial charge in [0.2, 0.25) is 0 Å². The molecule has 0 heterocycles. The average molecular weight is 192 g/mol. The summed E-state index contributed by atoms with van der Waals surface area (Å²) in [6.45, 7) is 7.40. The molecular weight excluding hydrogens is 172 g/mol. The van der Waals surface area contributed by atoms with Crippen molar-refractivity contribution in [1.29, 1.82) is 0 Å². The molecule has 1 atom stereocenters. The van der Waals surface area contributed by atoms with Crippen molar-refractivity contribution in [2.45, 2.75) is 33.6 Å². The highest BCUT2D eigenvalue weighted by Crippen LogP contribution is 2.13. The minimum Gasteiger partial charge on any atom is -0.494 e. The van der Waals surface area contributed by atoms with E-state index in [1.54, 1.807) is 0 Å². The van der Waals surface area contributed by atoms with Crippen LogP contribution in [0.1, 0.15) is 32.3 Å². The van der Waals surface area contributed by atoms with Crippen LogP contribution in [0.3, 0.4) is 0 Å². The van der Waals surface area contributed by atoms with Crippen LogP contribution in [0, 0.1) is 12.8 Å². The van der Waals surface area contributed by atoms with Gasteiger partial charge in [-0.2, -0.15) is 0 Å². The van der Waals surface area contributed by atoms with Gasteiger partial charge in [0.15, 0.2) is 0 Å². The first kappa shape index (κ1) is 11.1. The summed E-state index contributed by atoms with van der Waals surface area (Å²) in [5, 5.41) is 0. The summed E-state index contributed by atoms with van der Waals surface area (Å²) in [5.41, 5.74) is 1.28. The first-order valence-corrected chi connectivity index (χ1v) is 5.42. The SMILES string of the molecule is CCC(C)CCOc1ccc(C)cc1. The molecule has 0 fully saturated rings. The third-order valence-corrected chi connectivity index (χ3v) is 2.60. The topological polar surface area (TPSA) is 9.23 Å². The number of rotatable bonds is 5. The van der Waals surface area contributed by atoms with E-state index in [-0.39, 0.29) is 0 Å². The van der Waals surface area contributed by atoms with Gasteiger partial charge in [-0.25, -0.2) is 0 Å². The van der Waals surface area contributed by atoms with Crippen molar-refractivity contribution in [3.8, 4) is 5.75 Å². The summed E-state index contributed by atoms with van der Waals surface area (Å²) in [5.74, 6) is 1.75. The molecule has 1 unspecified atom stereocenters. The van der Waals surface area contributed by atoms with Gasteiger partial charge < -0.3 is 4.74 Å². The van der Waals surface area contributed by atoms with Gasteiger partial charge in [-0.15, -0.1) is 0 Å². The summed E-state index contributed by atoms with van der Waals surface area (Å²) in [4.78, 5) is 0. The van der Waals surface area contributed by atoms with Crippen molar-refractivity contribution >= 4 is 0 Å². The van der Waals surface area contributed by atoms with E-state index in [1.807, 2.05) is 12.1 Å². The highest BCUT2D eigenvalue weighted by Gasteiger charge is 1.99. The van der Waals surface area contributed by atoms with Gasteiger partial charge in [0, 0.05) is 0 Å². The molecule has 1 nitrogen and oxygen atoms in total. The maximum Gasteiger partial charge on any atom is 0.119 e. The minimum absolute atomic E-state index is 0.764. The van der Waals surface area contributed by atoms with Crippen molar-refractivity contribution in [2.24, 2.45) is 5.92 Å². The molecule has 1 aromatic rings. The highest BCUT2D eigenvalue weighted by molar-refractivity contribution is 5.26.